The minimum atomic E-state index is 0.185. The topological polar surface area (TPSA) is 50.4 Å². The molecule has 1 aliphatic heterocycles. The Balaban J connectivity index is 2.07. The molecular weight excluding hydrogens is 228 g/mol. The molecule has 4 heteroatoms. The molecule has 1 aliphatic rings. The molecule has 0 aliphatic carbocycles. The van der Waals surface area contributed by atoms with Gasteiger partial charge in [-0.3, -0.25) is 4.79 Å². The summed E-state index contributed by atoms with van der Waals surface area (Å²) in [5, 5.41) is 6.38. The fraction of sp³-hybridized carbons (Fsp3) is 0.929. The summed E-state index contributed by atoms with van der Waals surface area (Å²) in [4.78, 5) is 11.8. The van der Waals surface area contributed by atoms with E-state index in [-0.39, 0.29) is 5.91 Å². The third-order valence-corrected chi connectivity index (χ3v) is 3.64. The molecular formula is C14H28N2O2. The molecule has 106 valence electrons. The smallest absolute Gasteiger partial charge is 0.220 e. The number of hydrogen-bond donors (Lipinski definition) is 2. The van der Waals surface area contributed by atoms with Crippen LogP contribution in [0.2, 0.25) is 0 Å². The molecule has 0 aromatic rings. The Labute approximate surface area is 111 Å². The van der Waals surface area contributed by atoms with Crippen molar-refractivity contribution < 1.29 is 9.53 Å². The number of piperidine rings is 1. The Kier molecular flexibility index (Phi) is 8.01. The van der Waals surface area contributed by atoms with Gasteiger partial charge in [0.15, 0.2) is 0 Å². The van der Waals surface area contributed by atoms with E-state index in [2.05, 4.69) is 17.6 Å². The van der Waals surface area contributed by atoms with Gasteiger partial charge in [0.1, 0.15) is 0 Å². The zero-order valence-corrected chi connectivity index (χ0v) is 11.8. The summed E-state index contributed by atoms with van der Waals surface area (Å²) in [5.41, 5.74) is 0. The van der Waals surface area contributed by atoms with Gasteiger partial charge in [-0.25, -0.2) is 0 Å². The summed E-state index contributed by atoms with van der Waals surface area (Å²) in [7, 11) is 0. The zero-order valence-electron chi connectivity index (χ0n) is 11.8. The number of hydrogen-bond acceptors (Lipinski definition) is 3. The maximum absolute atomic E-state index is 11.8. The van der Waals surface area contributed by atoms with E-state index >= 15 is 0 Å². The lowest BCUT2D eigenvalue weighted by atomic mass is 9.85. The van der Waals surface area contributed by atoms with Crippen LogP contribution in [-0.2, 0) is 9.53 Å². The maximum atomic E-state index is 11.8. The van der Waals surface area contributed by atoms with E-state index in [0.717, 1.165) is 39.3 Å². The molecule has 0 spiro atoms. The first-order chi connectivity index (χ1) is 8.74. The van der Waals surface area contributed by atoms with Crippen molar-refractivity contribution in [1.29, 1.82) is 0 Å². The molecule has 0 aromatic carbocycles. The van der Waals surface area contributed by atoms with Crippen LogP contribution in [0.25, 0.3) is 0 Å². The van der Waals surface area contributed by atoms with Crippen molar-refractivity contribution in [2.45, 2.75) is 39.5 Å². The number of carbonyl (C=O) groups excluding carboxylic acids is 1. The van der Waals surface area contributed by atoms with Gasteiger partial charge in [0, 0.05) is 26.2 Å². The van der Waals surface area contributed by atoms with Crippen LogP contribution in [0.1, 0.15) is 39.5 Å². The van der Waals surface area contributed by atoms with Crippen molar-refractivity contribution in [3.05, 3.63) is 0 Å². The van der Waals surface area contributed by atoms with Gasteiger partial charge in [-0.1, -0.05) is 6.92 Å². The molecule has 0 saturated carbocycles. The van der Waals surface area contributed by atoms with Gasteiger partial charge in [-0.15, -0.1) is 0 Å². The summed E-state index contributed by atoms with van der Waals surface area (Å²) in [6.45, 7) is 8.59. The van der Waals surface area contributed by atoms with Gasteiger partial charge >= 0.3 is 0 Å². The highest BCUT2D eigenvalue weighted by atomic mass is 16.5. The highest BCUT2D eigenvalue weighted by molar-refractivity contribution is 5.76. The van der Waals surface area contributed by atoms with Crippen LogP contribution in [0.3, 0.4) is 0 Å². The fourth-order valence-corrected chi connectivity index (χ4v) is 2.44. The summed E-state index contributed by atoms with van der Waals surface area (Å²) < 4.78 is 5.23. The molecule has 4 nitrogen and oxygen atoms in total. The van der Waals surface area contributed by atoms with Crippen molar-refractivity contribution in [3.63, 3.8) is 0 Å². The van der Waals surface area contributed by atoms with Gasteiger partial charge in [0.25, 0.3) is 0 Å². The first kappa shape index (κ1) is 15.4. The lowest BCUT2D eigenvalue weighted by Crippen LogP contribution is -2.35. The zero-order chi connectivity index (χ0) is 13.2. The van der Waals surface area contributed by atoms with E-state index in [0.29, 0.717) is 18.3 Å². The first-order valence-electron chi connectivity index (χ1n) is 7.29. The number of amides is 1. The van der Waals surface area contributed by atoms with E-state index in [9.17, 15) is 4.79 Å². The highest BCUT2D eigenvalue weighted by Gasteiger charge is 2.21. The molecule has 2 N–H and O–H groups in total. The third kappa shape index (κ3) is 6.36. The lowest BCUT2D eigenvalue weighted by Gasteiger charge is -2.28. The van der Waals surface area contributed by atoms with Gasteiger partial charge in [-0.05, 0) is 51.1 Å². The van der Waals surface area contributed by atoms with Crippen LogP contribution < -0.4 is 10.6 Å². The van der Waals surface area contributed by atoms with Crippen LogP contribution in [0.4, 0.5) is 0 Å². The second-order valence-electron chi connectivity index (χ2n) is 5.19. The Bertz CT molecular complexity index is 228. The largest absolute Gasteiger partial charge is 0.382 e. The predicted octanol–water partition coefficient (Wildman–Crippen LogP) is 1.56. The average Bonchev–Trinajstić information content (AvgIpc) is 2.39. The molecule has 1 amide bonds. The van der Waals surface area contributed by atoms with Crippen LogP contribution >= 0.6 is 0 Å². The quantitative estimate of drug-likeness (QED) is 0.648. The van der Waals surface area contributed by atoms with Crippen molar-refractivity contribution >= 4 is 5.91 Å². The summed E-state index contributed by atoms with van der Waals surface area (Å²) in [6, 6.07) is 0. The minimum Gasteiger partial charge on any atom is -0.382 e. The number of nitrogens with one attached hydrogen (secondary N) is 2. The molecule has 2 unspecified atom stereocenters. The highest BCUT2D eigenvalue weighted by Crippen LogP contribution is 2.22. The molecule has 0 aromatic heterocycles. The summed E-state index contributed by atoms with van der Waals surface area (Å²) in [6.07, 6.45) is 4.05. The van der Waals surface area contributed by atoms with Crippen molar-refractivity contribution in [2.24, 2.45) is 11.8 Å². The second kappa shape index (κ2) is 9.34. The van der Waals surface area contributed by atoms with Gasteiger partial charge < -0.3 is 15.4 Å². The monoisotopic (exact) mass is 256 g/mol. The fourth-order valence-electron chi connectivity index (χ4n) is 2.44. The maximum Gasteiger partial charge on any atom is 0.220 e. The van der Waals surface area contributed by atoms with Crippen molar-refractivity contribution in [1.82, 2.24) is 10.6 Å². The van der Waals surface area contributed by atoms with Crippen molar-refractivity contribution in [2.75, 3.05) is 32.8 Å². The Morgan fingerprint density at radius 1 is 1.56 bits per heavy atom. The Morgan fingerprint density at radius 3 is 3.06 bits per heavy atom. The van der Waals surface area contributed by atoms with Crippen molar-refractivity contribution in [3.8, 4) is 0 Å². The standard InChI is InChI=1S/C14H28N2O2/c1-3-18-9-5-8-16-14(17)10-12(2)13-6-4-7-15-11-13/h12-13,15H,3-11H2,1-2H3,(H,16,17). The number of rotatable bonds is 8. The average molecular weight is 256 g/mol. The van der Waals surface area contributed by atoms with Crippen LogP contribution in [-0.4, -0.2) is 38.8 Å². The molecule has 2 atom stereocenters. The van der Waals surface area contributed by atoms with E-state index in [1.807, 2.05) is 6.92 Å². The first-order valence-corrected chi connectivity index (χ1v) is 7.29. The Morgan fingerprint density at radius 2 is 2.39 bits per heavy atom. The van der Waals surface area contributed by atoms with E-state index < -0.39 is 0 Å². The summed E-state index contributed by atoms with van der Waals surface area (Å²) in [5.74, 6) is 1.32. The molecule has 0 bridgehead atoms. The molecule has 1 saturated heterocycles. The van der Waals surface area contributed by atoms with Gasteiger partial charge in [-0.2, -0.15) is 0 Å². The molecule has 1 heterocycles. The number of carbonyl (C=O) groups is 1. The Hall–Kier alpha value is -0.610. The van der Waals surface area contributed by atoms with E-state index in [1.165, 1.54) is 12.8 Å². The summed E-state index contributed by atoms with van der Waals surface area (Å²) >= 11 is 0. The normalized spacial score (nSPS) is 21.6. The molecule has 1 fully saturated rings. The minimum absolute atomic E-state index is 0.185. The SMILES string of the molecule is CCOCCCNC(=O)CC(C)C1CCCNC1. The lowest BCUT2D eigenvalue weighted by molar-refractivity contribution is -0.122. The van der Waals surface area contributed by atoms with E-state index in [1.54, 1.807) is 0 Å². The third-order valence-electron chi connectivity index (χ3n) is 3.64. The van der Waals surface area contributed by atoms with Gasteiger partial charge in [0.2, 0.25) is 5.91 Å². The molecule has 18 heavy (non-hydrogen) atoms. The van der Waals surface area contributed by atoms with Crippen LogP contribution in [0, 0.1) is 11.8 Å². The number of ether oxygens (including phenoxy) is 1. The predicted molar refractivity (Wildman–Crippen MR) is 73.5 cm³/mol. The van der Waals surface area contributed by atoms with Crippen LogP contribution in [0.15, 0.2) is 0 Å². The van der Waals surface area contributed by atoms with E-state index in [4.69, 9.17) is 4.74 Å². The van der Waals surface area contributed by atoms with Crippen LogP contribution in [0.5, 0.6) is 0 Å². The van der Waals surface area contributed by atoms with Gasteiger partial charge in [0.05, 0.1) is 0 Å². The molecule has 1 rings (SSSR count). The molecule has 0 radical (unpaired) electrons. The second-order valence-corrected chi connectivity index (χ2v) is 5.19.